The van der Waals surface area contributed by atoms with E-state index in [1.54, 1.807) is 0 Å². The summed E-state index contributed by atoms with van der Waals surface area (Å²) in [5, 5.41) is 3.37. The van der Waals surface area contributed by atoms with Gasteiger partial charge >= 0.3 is 0 Å². The SMILES string of the molecule is Cc1cccc(N2CCN(c3nc(N4CCNCC4)nc(N4CCOCC4)c3F)CC2)c1C. The van der Waals surface area contributed by atoms with Crippen molar-refractivity contribution >= 4 is 23.3 Å². The van der Waals surface area contributed by atoms with Gasteiger partial charge in [0.25, 0.3) is 0 Å². The fourth-order valence-corrected chi connectivity index (χ4v) is 4.85. The van der Waals surface area contributed by atoms with Crippen LogP contribution >= 0.6 is 0 Å². The van der Waals surface area contributed by atoms with Gasteiger partial charge in [-0.15, -0.1) is 0 Å². The maximum Gasteiger partial charge on any atom is 0.229 e. The molecule has 3 aliphatic heterocycles. The first-order valence-electron chi connectivity index (χ1n) is 12.0. The van der Waals surface area contributed by atoms with Gasteiger partial charge in [0.15, 0.2) is 11.6 Å². The summed E-state index contributed by atoms with van der Waals surface area (Å²) >= 11 is 0. The van der Waals surface area contributed by atoms with E-state index in [1.807, 2.05) is 4.90 Å². The number of piperazine rings is 2. The van der Waals surface area contributed by atoms with Crippen LogP contribution < -0.4 is 24.9 Å². The second kappa shape index (κ2) is 9.69. The molecular weight excluding hydrogens is 421 g/mol. The Kier molecular flexibility index (Phi) is 6.50. The van der Waals surface area contributed by atoms with Crippen molar-refractivity contribution in [1.29, 1.82) is 0 Å². The van der Waals surface area contributed by atoms with Gasteiger partial charge in [0.05, 0.1) is 13.2 Å². The smallest absolute Gasteiger partial charge is 0.229 e. The molecule has 1 N–H and O–H groups in total. The highest BCUT2D eigenvalue weighted by atomic mass is 19.1. The van der Waals surface area contributed by atoms with Crippen molar-refractivity contribution in [3.63, 3.8) is 0 Å². The average molecular weight is 456 g/mol. The van der Waals surface area contributed by atoms with Crippen molar-refractivity contribution in [1.82, 2.24) is 15.3 Å². The Bertz CT molecular complexity index is 968. The number of halogens is 1. The van der Waals surface area contributed by atoms with Crippen molar-refractivity contribution in [2.75, 3.05) is 98.3 Å². The van der Waals surface area contributed by atoms with Crippen LogP contribution in [0.2, 0.25) is 0 Å². The summed E-state index contributed by atoms with van der Waals surface area (Å²) in [6.07, 6.45) is 0. The minimum absolute atomic E-state index is 0.309. The van der Waals surface area contributed by atoms with Gasteiger partial charge in [-0.25, -0.2) is 0 Å². The Hall–Kier alpha value is -2.65. The third-order valence-electron chi connectivity index (χ3n) is 7.01. The van der Waals surface area contributed by atoms with Crippen LogP contribution in [0.4, 0.5) is 27.7 Å². The first-order chi connectivity index (χ1) is 16.1. The zero-order valence-electron chi connectivity index (χ0n) is 19.7. The number of anilines is 4. The normalized spacial score (nSPS) is 19.8. The van der Waals surface area contributed by atoms with Gasteiger partial charge in [-0.05, 0) is 31.0 Å². The second-order valence-electron chi connectivity index (χ2n) is 9.01. The monoisotopic (exact) mass is 455 g/mol. The highest BCUT2D eigenvalue weighted by molar-refractivity contribution is 5.60. The second-order valence-corrected chi connectivity index (χ2v) is 9.01. The molecule has 3 aliphatic rings. The Balaban J connectivity index is 1.41. The van der Waals surface area contributed by atoms with Gasteiger partial charge in [-0.2, -0.15) is 14.4 Å². The lowest BCUT2D eigenvalue weighted by Crippen LogP contribution is -2.48. The summed E-state index contributed by atoms with van der Waals surface area (Å²) in [7, 11) is 0. The number of rotatable bonds is 4. The van der Waals surface area contributed by atoms with Crippen molar-refractivity contribution in [2.24, 2.45) is 0 Å². The average Bonchev–Trinajstić information content (AvgIpc) is 2.87. The van der Waals surface area contributed by atoms with E-state index in [1.165, 1.54) is 16.8 Å². The van der Waals surface area contributed by atoms with Gasteiger partial charge in [0.1, 0.15) is 0 Å². The Morgan fingerprint density at radius 2 is 1.39 bits per heavy atom. The first kappa shape index (κ1) is 22.2. The van der Waals surface area contributed by atoms with Crippen LogP contribution in [0.1, 0.15) is 11.1 Å². The van der Waals surface area contributed by atoms with Crippen molar-refractivity contribution < 1.29 is 9.13 Å². The van der Waals surface area contributed by atoms with E-state index in [0.29, 0.717) is 43.9 Å². The fraction of sp³-hybridized carbons (Fsp3) is 0.583. The molecule has 0 radical (unpaired) electrons. The summed E-state index contributed by atoms with van der Waals surface area (Å²) in [6, 6.07) is 6.45. The molecule has 33 heavy (non-hydrogen) atoms. The van der Waals surface area contributed by atoms with E-state index in [-0.39, 0.29) is 5.82 Å². The predicted octanol–water partition coefficient (Wildman–Crippen LogP) is 1.81. The summed E-state index contributed by atoms with van der Waals surface area (Å²) < 4.78 is 21.3. The molecule has 178 valence electrons. The molecule has 0 spiro atoms. The van der Waals surface area contributed by atoms with E-state index in [9.17, 15) is 0 Å². The summed E-state index contributed by atoms with van der Waals surface area (Å²) in [6.45, 7) is 13.4. The number of nitrogens with zero attached hydrogens (tertiary/aromatic N) is 6. The molecule has 5 rings (SSSR count). The van der Waals surface area contributed by atoms with Crippen LogP contribution in [-0.4, -0.2) is 88.6 Å². The Labute approximate surface area is 195 Å². The van der Waals surface area contributed by atoms with Gasteiger partial charge in [0, 0.05) is 71.1 Å². The number of benzene rings is 1. The third-order valence-corrected chi connectivity index (χ3v) is 7.01. The highest BCUT2D eigenvalue weighted by Gasteiger charge is 2.29. The molecule has 2 aromatic rings. The maximum atomic E-state index is 15.8. The molecule has 3 saturated heterocycles. The predicted molar refractivity (Wildman–Crippen MR) is 130 cm³/mol. The third kappa shape index (κ3) is 4.56. The molecule has 3 fully saturated rings. The number of aromatic nitrogens is 2. The molecule has 0 aliphatic carbocycles. The molecule has 0 unspecified atom stereocenters. The van der Waals surface area contributed by atoms with E-state index >= 15 is 4.39 Å². The van der Waals surface area contributed by atoms with Crippen LogP contribution in [0.15, 0.2) is 18.2 Å². The molecule has 1 aromatic heterocycles. The summed E-state index contributed by atoms with van der Waals surface area (Å²) in [5.74, 6) is 1.16. The van der Waals surface area contributed by atoms with Crippen LogP contribution in [0.25, 0.3) is 0 Å². The molecule has 1 aromatic carbocycles. The zero-order valence-corrected chi connectivity index (χ0v) is 19.7. The highest BCUT2D eigenvalue weighted by Crippen LogP contribution is 2.31. The fourth-order valence-electron chi connectivity index (χ4n) is 4.85. The number of hydrogen-bond acceptors (Lipinski definition) is 8. The Morgan fingerprint density at radius 1 is 0.788 bits per heavy atom. The van der Waals surface area contributed by atoms with Crippen molar-refractivity contribution in [3.05, 3.63) is 35.1 Å². The van der Waals surface area contributed by atoms with E-state index in [2.05, 4.69) is 52.1 Å². The molecule has 0 bridgehead atoms. The number of hydrogen-bond donors (Lipinski definition) is 1. The van der Waals surface area contributed by atoms with Gasteiger partial charge in [0.2, 0.25) is 11.8 Å². The number of morpholine rings is 1. The van der Waals surface area contributed by atoms with Gasteiger partial charge in [-0.1, -0.05) is 12.1 Å². The lowest BCUT2D eigenvalue weighted by atomic mass is 10.1. The molecule has 8 nitrogen and oxygen atoms in total. The van der Waals surface area contributed by atoms with Gasteiger partial charge in [-0.3, -0.25) is 0 Å². The van der Waals surface area contributed by atoms with E-state index < -0.39 is 0 Å². The van der Waals surface area contributed by atoms with Crippen LogP contribution in [0.5, 0.6) is 0 Å². The van der Waals surface area contributed by atoms with Crippen LogP contribution in [-0.2, 0) is 4.74 Å². The van der Waals surface area contributed by atoms with Crippen LogP contribution in [0, 0.1) is 19.7 Å². The van der Waals surface area contributed by atoms with E-state index in [4.69, 9.17) is 14.7 Å². The molecule has 4 heterocycles. The van der Waals surface area contributed by atoms with Crippen molar-refractivity contribution in [3.8, 4) is 0 Å². The van der Waals surface area contributed by atoms with Crippen LogP contribution in [0.3, 0.4) is 0 Å². The standard InChI is InChI=1S/C24H34FN7O/c1-18-4-3-5-20(19(18)2)29-10-12-30(13-11-29)22-21(25)23(31-14-16-33-17-15-31)28-24(27-22)32-8-6-26-7-9-32/h3-5,26H,6-17H2,1-2H3. The first-order valence-corrected chi connectivity index (χ1v) is 12.0. The quantitative estimate of drug-likeness (QED) is 0.749. The minimum atomic E-state index is -0.309. The largest absolute Gasteiger partial charge is 0.378 e. The van der Waals surface area contributed by atoms with E-state index in [0.717, 1.165) is 52.4 Å². The lowest BCUT2D eigenvalue weighted by Gasteiger charge is -2.38. The number of nitrogens with one attached hydrogen (secondary N) is 1. The number of ether oxygens (including phenoxy) is 1. The lowest BCUT2D eigenvalue weighted by molar-refractivity contribution is 0.122. The van der Waals surface area contributed by atoms with Gasteiger partial charge < -0.3 is 29.7 Å². The topological polar surface area (TPSA) is 60.0 Å². The number of aryl methyl sites for hydroxylation is 1. The molecule has 0 atom stereocenters. The molecule has 9 heteroatoms. The zero-order chi connectivity index (χ0) is 22.8. The minimum Gasteiger partial charge on any atom is -0.378 e. The summed E-state index contributed by atoms with van der Waals surface area (Å²) in [5.41, 5.74) is 3.88. The Morgan fingerprint density at radius 3 is 2.06 bits per heavy atom. The molecular formula is C24H34FN7O. The molecule has 0 saturated carbocycles. The maximum absolute atomic E-state index is 15.8. The van der Waals surface area contributed by atoms with Crippen molar-refractivity contribution in [2.45, 2.75) is 13.8 Å². The summed E-state index contributed by atoms with van der Waals surface area (Å²) in [4.78, 5) is 18.1. The molecule has 0 amide bonds.